The molecule has 0 bridgehead atoms. The van der Waals surface area contributed by atoms with Crippen molar-refractivity contribution in [1.29, 1.82) is 0 Å². The number of aromatic nitrogens is 2. The average molecular weight is 271 g/mol. The molecule has 1 aliphatic rings. The van der Waals surface area contributed by atoms with Gasteiger partial charge >= 0.3 is 0 Å². The fourth-order valence-electron chi connectivity index (χ4n) is 2.21. The van der Waals surface area contributed by atoms with Crippen LogP contribution in [0.3, 0.4) is 0 Å². The summed E-state index contributed by atoms with van der Waals surface area (Å²) in [4.78, 5) is 0. The van der Waals surface area contributed by atoms with Crippen molar-refractivity contribution in [2.45, 2.75) is 44.5 Å². The second-order valence-electron chi connectivity index (χ2n) is 5.14. The first-order chi connectivity index (χ1) is 8.49. The van der Waals surface area contributed by atoms with E-state index in [2.05, 4.69) is 24.3 Å². The molecule has 2 heterocycles. The number of hydrogen-bond donors (Lipinski definition) is 1. The molecule has 1 N–H and O–H groups in total. The van der Waals surface area contributed by atoms with Gasteiger partial charge in [0.15, 0.2) is 9.84 Å². The van der Waals surface area contributed by atoms with Gasteiger partial charge in [-0.3, -0.25) is 4.68 Å². The predicted octanol–water partition coefficient (Wildman–Crippen LogP) is 1.13. The lowest BCUT2D eigenvalue weighted by molar-refractivity contribution is 0.519. The summed E-state index contributed by atoms with van der Waals surface area (Å²) in [5.74, 6) is 0.349. The Kier molecular flexibility index (Phi) is 4.07. The molecule has 1 atom stereocenters. The molecule has 0 aliphatic carbocycles. The molecule has 5 nitrogen and oxygen atoms in total. The van der Waals surface area contributed by atoms with Gasteiger partial charge in [0.05, 0.1) is 16.7 Å². The highest BCUT2D eigenvalue weighted by Crippen LogP contribution is 2.19. The van der Waals surface area contributed by atoms with E-state index in [0.29, 0.717) is 24.9 Å². The standard InChI is InChI=1S/C12H21N3O2S/c1-10(2)15-6-5-11(14-15)8-13-9-12-4-3-7-18(12,16)17/h5-6,10,12-13H,3-4,7-9H2,1-2H3. The Morgan fingerprint density at radius 1 is 1.56 bits per heavy atom. The smallest absolute Gasteiger partial charge is 0.154 e. The van der Waals surface area contributed by atoms with Crippen molar-refractivity contribution in [3.05, 3.63) is 18.0 Å². The van der Waals surface area contributed by atoms with Crippen LogP contribution in [0.15, 0.2) is 12.3 Å². The van der Waals surface area contributed by atoms with Crippen LogP contribution in [0.1, 0.15) is 38.4 Å². The van der Waals surface area contributed by atoms with E-state index in [-0.39, 0.29) is 5.25 Å². The summed E-state index contributed by atoms with van der Waals surface area (Å²) < 4.78 is 25.2. The summed E-state index contributed by atoms with van der Waals surface area (Å²) in [7, 11) is -2.84. The quantitative estimate of drug-likeness (QED) is 0.872. The topological polar surface area (TPSA) is 64.0 Å². The zero-order chi connectivity index (χ0) is 13.2. The van der Waals surface area contributed by atoms with Crippen LogP contribution in [0, 0.1) is 0 Å². The largest absolute Gasteiger partial charge is 0.310 e. The lowest BCUT2D eigenvalue weighted by Crippen LogP contribution is -2.30. The molecule has 1 aliphatic heterocycles. The highest BCUT2D eigenvalue weighted by Gasteiger charge is 2.30. The molecule has 0 spiro atoms. The first-order valence-electron chi connectivity index (χ1n) is 6.45. The van der Waals surface area contributed by atoms with Crippen molar-refractivity contribution in [1.82, 2.24) is 15.1 Å². The van der Waals surface area contributed by atoms with Crippen LogP contribution in [-0.4, -0.2) is 35.7 Å². The number of nitrogens with zero attached hydrogens (tertiary/aromatic N) is 2. The van der Waals surface area contributed by atoms with E-state index in [9.17, 15) is 8.42 Å². The van der Waals surface area contributed by atoms with Gasteiger partial charge in [-0.05, 0) is 32.8 Å². The third-order valence-electron chi connectivity index (χ3n) is 3.33. The minimum absolute atomic E-state index is 0.204. The van der Waals surface area contributed by atoms with Gasteiger partial charge in [0.1, 0.15) is 0 Å². The van der Waals surface area contributed by atoms with Gasteiger partial charge in [-0.2, -0.15) is 5.10 Å². The molecule has 1 fully saturated rings. The summed E-state index contributed by atoms with van der Waals surface area (Å²) >= 11 is 0. The Bertz CT molecular complexity index is 493. The Hall–Kier alpha value is -0.880. The van der Waals surface area contributed by atoms with Crippen LogP contribution in [-0.2, 0) is 16.4 Å². The van der Waals surface area contributed by atoms with Crippen LogP contribution in [0.25, 0.3) is 0 Å². The molecular weight excluding hydrogens is 250 g/mol. The maximum absolute atomic E-state index is 11.6. The fraction of sp³-hybridized carbons (Fsp3) is 0.750. The van der Waals surface area contributed by atoms with E-state index in [1.807, 2.05) is 16.9 Å². The Morgan fingerprint density at radius 3 is 2.89 bits per heavy atom. The average Bonchev–Trinajstić information content (AvgIpc) is 2.86. The molecule has 2 rings (SSSR count). The van der Waals surface area contributed by atoms with E-state index in [4.69, 9.17) is 0 Å². The number of sulfone groups is 1. The summed E-state index contributed by atoms with van der Waals surface area (Å²) in [6, 6.07) is 2.32. The van der Waals surface area contributed by atoms with E-state index >= 15 is 0 Å². The molecule has 102 valence electrons. The number of hydrogen-bond acceptors (Lipinski definition) is 4. The summed E-state index contributed by atoms with van der Waals surface area (Å²) in [6.45, 7) is 5.33. The maximum atomic E-state index is 11.6. The van der Waals surface area contributed by atoms with Crippen LogP contribution < -0.4 is 5.32 Å². The normalized spacial score (nSPS) is 22.7. The highest BCUT2D eigenvalue weighted by atomic mass is 32.2. The van der Waals surface area contributed by atoms with E-state index in [0.717, 1.165) is 18.5 Å². The van der Waals surface area contributed by atoms with Gasteiger partial charge < -0.3 is 5.32 Å². The zero-order valence-electron chi connectivity index (χ0n) is 11.0. The van der Waals surface area contributed by atoms with Crippen LogP contribution in [0.2, 0.25) is 0 Å². The van der Waals surface area contributed by atoms with Gasteiger partial charge in [-0.15, -0.1) is 0 Å². The highest BCUT2D eigenvalue weighted by molar-refractivity contribution is 7.92. The third-order valence-corrected chi connectivity index (χ3v) is 5.61. The van der Waals surface area contributed by atoms with Gasteiger partial charge in [-0.1, -0.05) is 0 Å². The SMILES string of the molecule is CC(C)n1ccc(CNCC2CCCS2(=O)=O)n1. The van der Waals surface area contributed by atoms with Gasteiger partial charge in [0, 0.05) is 25.3 Å². The Morgan fingerprint density at radius 2 is 2.33 bits per heavy atom. The minimum Gasteiger partial charge on any atom is -0.310 e. The van der Waals surface area contributed by atoms with Crippen molar-refractivity contribution in [2.75, 3.05) is 12.3 Å². The third kappa shape index (κ3) is 3.11. The maximum Gasteiger partial charge on any atom is 0.154 e. The zero-order valence-corrected chi connectivity index (χ0v) is 11.8. The molecule has 1 aromatic rings. The molecule has 0 amide bonds. The molecule has 6 heteroatoms. The van der Waals surface area contributed by atoms with Crippen molar-refractivity contribution >= 4 is 9.84 Å². The monoisotopic (exact) mass is 271 g/mol. The van der Waals surface area contributed by atoms with Crippen molar-refractivity contribution in [3.8, 4) is 0 Å². The Balaban J connectivity index is 1.81. The molecular formula is C12H21N3O2S. The second-order valence-corrected chi connectivity index (χ2v) is 7.54. The first-order valence-corrected chi connectivity index (χ1v) is 8.17. The minimum atomic E-state index is -2.84. The Labute approximate surface area is 108 Å². The van der Waals surface area contributed by atoms with Crippen molar-refractivity contribution in [2.24, 2.45) is 0 Å². The van der Waals surface area contributed by atoms with Crippen molar-refractivity contribution in [3.63, 3.8) is 0 Å². The van der Waals surface area contributed by atoms with E-state index in [1.165, 1.54) is 0 Å². The molecule has 0 radical (unpaired) electrons. The molecule has 1 saturated heterocycles. The lowest BCUT2D eigenvalue weighted by atomic mass is 10.2. The van der Waals surface area contributed by atoms with Gasteiger partial charge in [-0.25, -0.2) is 8.42 Å². The van der Waals surface area contributed by atoms with Crippen LogP contribution in [0.4, 0.5) is 0 Å². The first kappa shape index (κ1) is 13.5. The van der Waals surface area contributed by atoms with Crippen molar-refractivity contribution < 1.29 is 8.42 Å². The summed E-state index contributed by atoms with van der Waals surface area (Å²) in [5, 5.41) is 7.41. The van der Waals surface area contributed by atoms with Crippen LogP contribution in [0.5, 0.6) is 0 Å². The summed E-state index contributed by atoms with van der Waals surface area (Å²) in [6.07, 6.45) is 3.54. The molecule has 0 aromatic carbocycles. The van der Waals surface area contributed by atoms with Gasteiger partial charge in [0.25, 0.3) is 0 Å². The summed E-state index contributed by atoms with van der Waals surface area (Å²) in [5.41, 5.74) is 0.957. The fourth-order valence-corrected chi connectivity index (χ4v) is 4.01. The van der Waals surface area contributed by atoms with Gasteiger partial charge in [0.2, 0.25) is 0 Å². The predicted molar refractivity (Wildman–Crippen MR) is 71.1 cm³/mol. The molecule has 1 unspecified atom stereocenters. The lowest BCUT2D eigenvalue weighted by Gasteiger charge is -2.09. The number of nitrogens with one attached hydrogen (secondary N) is 1. The number of rotatable bonds is 5. The molecule has 1 aromatic heterocycles. The molecule has 0 saturated carbocycles. The van der Waals surface area contributed by atoms with Crippen LogP contribution >= 0.6 is 0 Å². The molecule has 18 heavy (non-hydrogen) atoms. The van der Waals surface area contributed by atoms with E-state index in [1.54, 1.807) is 0 Å². The van der Waals surface area contributed by atoms with E-state index < -0.39 is 9.84 Å². The second kappa shape index (κ2) is 5.40.